The number of fused-ring (bicyclic) bond motifs is 1. The summed E-state index contributed by atoms with van der Waals surface area (Å²) in [5, 5.41) is 9.42. The lowest BCUT2D eigenvalue weighted by Gasteiger charge is -2.18. The number of carbonyl (C=O) groups excluding carboxylic acids is 2. The summed E-state index contributed by atoms with van der Waals surface area (Å²) in [6.45, 7) is 4.91. The molecule has 2 atom stereocenters. The normalized spacial score (nSPS) is 24.1. The molecule has 0 aromatic heterocycles. The fourth-order valence-electron chi connectivity index (χ4n) is 2.75. The molecule has 1 fully saturated rings. The van der Waals surface area contributed by atoms with Crippen LogP contribution in [0.3, 0.4) is 0 Å². The van der Waals surface area contributed by atoms with Gasteiger partial charge >= 0.3 is 0 Å². The highest BCUT2D eigenvalue weighted by Crippen LogP contribution is 2.27. The van der Waals surface area contributed by atoms with E-state index in [0.717, 1.165) is 5.56 Å². The minimum Gasteiger partial charge on any atom is -0.278 e. The van der Waals surface area contributed by atoms with Gasteiger partial charge in [-0.3, -0.25) is 19.5 Å². The SMILES string of the molecule is CCN1N=NC2C(=O)N(CCc3ccc(C)cc3)C(=O)C21. The smallest absolute Gasteiger partial charge is 0.258 e. The molecule has 0 saturated carbocycles. The Hall–Kier alpha value is -2.24. The fraction of sp³-hybridized carbons (Fsp3) is 0.467. The molecule has 21 heavy (non-hydrogen) atoms. The molecule has 2 amide bonds. The second-order valence-corrected chi connectivity index (χ2v) is 5.41. The van der Waals surface area contributed by atoms with Crippen LogP contribution in [0.25, 0.3) is 0 Å². The van der Waals surface area contributed by atoms with Crippen molar-refractivity contribution < 1.29 is 9.59 Å². The zero-order chi connectivity index (χ0) is 15.0. The molecule has 1 aromatic rings. The van der Waals surface area contributed by atoms with E-state index < -0.39 is 12.1 Å². The lowest BCUT2D eigenvalue weighted by atomic mass is 10.1. The van der Waals surface area contributed by atoms with Crippen molar-refractivity contribution in [2.45, 2.75) is 32.4 Å². The van der Waals surface area contributed by atoms with Crippen LogP contribution in [0.1, 0.15) is 18.1 Å². The van der Waals surface area contributed by atoms with Gasteiger partial charge in [0, 0.05) is 13.1 Å². The molecule has 0 N–H and O–H groups in total. The third-order valence-electron chi connectivity index (χ3n) is 4.02. The Morgan fingerprint density at radius 1 is 1.14 bits per heavy atom. The lowest BCUT2D eigenvalue weighted by molar-refractivity contribution is -0.140. The van der Waals surface area contributed by atoms with Gasteiger partial charge in [0.1, 0.15) is 0 Å². The third kappa shape index (κ3) is 2.30. The fourth-order valence-corrected chi connectivity index (χ4v) is 2.75. The lowest BCUT2D eigenvalue weighted by Crippen LogP contribution is -2.40. The van der Waals surface area contributed by atoms with Gasteiger partial charge in [0.15, 0.2) is 12.1 Å². The van der Waals surface area contributed by atoms with Crippen LogP contribution in [0.15, 0.2) is 34.6 Å². The van der Waals surface area contributed by atoms with Gasteiger partial charge in [0.2, 0.25) is 0 Å². The number of benzene rings is 1. The van der Waals surface area contributed by atoms with Gasteiger partial charge in [-0.15, -0.1) is 0 Å². The van der Waals surface area contributed by atoms with E-state index in [4.69, 9.17) is 0 Å². The largest absolute Gasteiger partial charge is 0.278 e. The highest BCUT2D eigenvalue weighted by molar-refractivity contribution is 6.09. The summed E-state index contributed by atoms with van der Waals surface area (Å²) in [6, 6.07) is 6.95. The monoisotopic (exact) mass is 286 g/mol. The van der Waals surface area contributed by atoms with Gasteiger partial charge in [-0.25, -0.2) is 0 Å². The summed E-state index contributed by atoms with van der Waals surface area (Å²) in [5.41, 5.74) is 2.31. The molecule has 110 valence electrons. The summed E-state index contributed by atoms with van der Waals surface area (Å²) >= 11 is 0. The van der Waals surface area contributed by atoms with Gasteiger partial charge in [0.25, 0.3) is 11.8 Å². The standard InChI is InChI=1S/C15H18N4O2/c1-3-19-13-12(16-17-19)14(20)18(15(13)21)9-8-11-6-4-10(2)5-7-11/h4-7,12-13H,3,8-9H2,1-2H3. The maximum Gasteiger partial charge on any atom is 0.258 e. The average Bonchev–Trinajstić information content (AvgIpc) is 3.01. The Bertz CT molecular complexity index is 596. The van der Waals surface area contributed by atoms with Crippen molar-refractivity contribution in [3.63, 3.8) is 0 Å². The number of hydrogen-bond donors (Lipinski definition) is 0. The Morgan fingerprint density at radius 3 is 2.52 bits per heavy atom. The summed E-state index contributed by atoms with van der Waals surface area (Å²) in [4.78, 5) is 26.0. The van der Waals surface area contributed by atoms with E-state index in [-0.39, 0.29) is 11.8 Å². The second-order valence-electron chi connectivity index (χ2n) is 5.41. The maximum absolute atomic E-state index is 12.4. The Kier molecular flexibility index (Phi) is 3.45. The number of nitrogens with zero attached hydrogens (tertiary/aromatic N) is 4. The molecular weight excluding hydrogens is 268 g/mol. The Labute approximate surface area is 123 Å². The molecule has 2 unspecified atom stereocenters. The van der Waals surface area contributed by atoms with Crippen molar-refractivity contribution in [2.75, 3.05) is 13.1 Å². The number of amides is 2. The first kappa shape index (κ1) is 13.7. The number of likely N-dealkylation sites (tertiary alicyclic amines) is 1. The van der Waals surface area contributed by atoms with E-state index in [1.165, 1.54) is 10.5 Å². The van der Waals surface area contributed by atoms with Crippen molar-refractivity contribution in [3.8, 4) is 0 Å². The van der Waals surface area contributed by atoms with Gasteiger partial charge in [0.05, 0.1) is 0 Å². The molecule has 2 aliphatic rings. The zero-order valence-electron chi connectivity index (χ0n) is 12.2. The van der Waals surface area contributed by atoms with Gasteiger partial charge in [-0.1, -0.05) is 35.1 Å². The minimum absolute atomic E-state index is 0.177. The first-order chi connectivity index (χ1) is 10.1. The van der Waals surface area contributed by atoms with Crippen molar-refractivity contribution in [1.82, 2.24) is 9.91 Å². The molecular formula is C15H18N4O2. The van der Waals surface area contributed by atoms with Crippen LogP contribution in [0, 0.1) is 6.92 Å². The number of rotatable bonds is 4. The summed E-state index contributed by atoms with van der Waals surface area (Å²) in [7, 11) is 0. The van der Waals surface area contributed by atoms with E-state index in [1.807, 2.05) is 38.1 Å². The number of hydrogen-bond acceptors (Lipinski definition) is 5. The molecule has 1 aromatic carbocycles. The van der Waals surface area contributed by atoms with Crippen molar-refractivity contribution in [2.24, 2.45) is 10.3 Å². The molecule has 3 rings (SSSR count). The van der Waals surface area contributed by atoms with Crippen molar-refractivity contribution >= 4 is 11.8 Å². The first-order valence-electron chi connectivity index (χ1n) is 7.20. The van der Waals surface area contributed by atoms with Gasteiger partial charge in [-0.05, 0) is 25.8 Å². The highest BCUT2D eigenvalue weighted by atomic mass is 16.2. The van der Waals surface area contributed by atoms with Crippen LogP contribution < -0.4 is 0 Å². The summed E-state index contributed by atoms with van der Waals surface area (Å²) in [5.74, 6) is -0.402. The highest BCUT2D eigenvalue weighted by Gasteiger charge is 2.53. The van der Waals surface area contributed by atoms with E-state index >= 15 is 0 Å². The molecule has 0 aliphatic carbocycles. The van der Waals surface area contributed by atoms with Crippen LogP contribution >= 0.6 is 0 Å². The van der Waals surface area contributed by atoms with Crippen LogP contribution in [0.2, 0.25) is 0 Å². The summed E-state index contributed by atoms with van der Waals surface area (Å²) in [6.07, 6.45) is 0.667. The zero-order valence-corrected chi connectivity index (χ0v) is 12.2. The van der Waals surface area contributed by atoms with Crippen LogP contribution in [0.4, 0.5) is 0 Å². The molecule has 0 spiro atoms. The maximum atomic E-state index is 12.4. The second kappa shape index (κ2) is 5.27. The minimum atomic E-state index is -0.643. The van der Waals surface area contributed by atoms with Gasteiger partial charge < -0.3 is 0 Å². The quantitative estimate of drug-likeness (QED) is 0.785. The van der Waals surface area contributed by atoms with Gasteiger partial charge in [-0.2, -0.15) is 5.11 Å². The predicted molar refractivity (Wildman–Crippen MR) is 76.4 cm³/mol. The van der Waals surface area contributed by atoms with Crippen molar-refractivity contribution in [3.05, 3.63) is 35.4 Å². The Balaban J connectivity index is 1.69. The molecule has 2 aliphatic heterocycles. The van der Waals surface area contributed by atoms with E-state index in [2.05, 4.69) is 10.3 Å². The van der Waals surface area contributed by atoms with E-state index in [0.29, 0.717) is 19.5 Å². The van der Waals surface area contributed by atoms with Crippen LogP contribution in [-0.2, 0) is 16.0 Å². The predicted octanol–water partition coefficient (Wildman–Crippen LogP) is 1.35. The number of aryl methyl sites for hydroxylation is 1. The summed E-state index contributed by atoms with van der Waals surface area (Å²) < 4.78 is 0. The molecule has 1 saturated heterocycles. The number of likely N-dealkylation sites (N-methyl/N-ethyl adjacent to an activating group) is 1. The molecule has 0 radical (unpaired) electrons. The topological polar surface area (TPSA) is 65.3 Å². The number of imide groups is 1. The first-order valence-corrected chi connectivity index (χ1v) is 7.20. The third-order valence-corrected chi connectivity index (χ3v) is 4.02. The molecule has 2 heterocycles. The average molecular weight is 286 g/mol. The van der Waals surface area contributed by atoms with Crippen molar-refractivity contribution in [1.29, 1.82) is 0 Å². The van der Waals surface area contributed by atoms with E-state index in [9.17, 15) is 9.59 Å². The van der Waals surface area contributed by atoms with Crippen LogP contribution in [0.5, 0.6) is 0 Å². The Morgan fingerprint density at radius 2 is 1.86 bits per heavy atom. The molecule has 6 nitrogen and oxygen atoms in total. The molecule has 0 bridgehead atoms. The molecule has 6 heteroatoms. The van der Waals surface area contributed by atoms with Crippen LogP contribution in [-0.4, -0.2) is 46.9 Å². The van der Waals surface area contributed by atoms with E-state index in [1.54, 1.807) is 5.01 Å². The number of carbonyl (C=O) groups is 2.